The van der Waals surface area contributed by atoms with Crippen LogP contribution in [0.4, 0.5) is 0 Å². The van der Waals surface area contributed by atoms with Crippen LogP contribution in [0.3, 0.4) is 0 Å². The standard InChI is InChI=1S/C47H86O4/c1-3-5-7-9-11-13-15-17-19-21-22-23-24-25-26-27-28-30-32-34-36-38-40-42-47(49)51-46(44-48)45-50-43-41-39-37-35-33-31-29-20-18-16-14-12-10-8-6-4-2/h6,8,12,14,18,20-22,46,48H,3-5,7,9-11,13,15-17,19,23-45H2,1-2H3/b8-6-,14-12-,20-18-,22-21-. The molecule has 4 heteroatoms. The molecule has 0 saturated carbocycles. The highest BCUT2D eigenvalue weighted by Crippen LogP contribution is 2.14. The number of aliphatic hydroxyl groups excluding tert-OH is 1. The molecule has 0 rings (SSSR count). The van der Waals surface area contributed by atoms with Crippen molar-refractivity contribution in [3.05, 3.63) is 48.6 Å². The summed E-state index contributed by atoms with van der Waals surface area (Å²) in [5.41, 5.74) is 0. The van der Waals surface area contributed by atoms with Gasteiger partial charge in [0, 0.05) is 13.0 Å². The molecule has 1 unspecified atom stereocenters. The smallest absolute Gasteiger partial charge is 0.306 e. The lowest BCUT2D eigenvalue weighted by Gasteiger charge is -2.15. The SMILES string of the molecule is CC/C=C\C/C=C\C/C=C\CCCCCCCCOCC(CO)OC(=O)CCCCCCCCCCCCC/C=C\CCCCCCCCCC. The minimum Gasteiger partial charge on any atom is -0.457 e. The zero-order valence-electron chi connectivity index (χ0n) is 34.1. The lowest BCUT2D eigenvalue weighted by molar-refractivity contribution is -0.154. The maximum Gasteiger partial charge on any atom is 0.306 e. The fourth-order valence-corrected chi connectivity index (χ4v) is 6.34. The van der Waals surface area contributed by atoms with Crippen LogP contribution in [0, 0.1) is 0 Å². The average Bonchev–Trinajstić information content (AvgIpc) is 3.14. The third kappa shape index (κ3) is 42.7. The second-order valence-corrected chi connectivity index (χ2v) is 14.7. The van der Waals surface area contributed by atoms with Gasteiger partial charge in [0.25, 0.3) is 0 Å². The molecule has 1 N–H and O–H groups in total. The molecule has 0 aliphatic carbocycles. The van der Waals surface area contributed by atoms with E-state index < -0.39 is 6.10 Å². The van der Waals surface area contributed by atoms with Crippen LogP contribution in [-0.4, -0.2) is 37.0 Å². The Morgan fingerprint density at radius 2 is 0.882 bits per heavy atom. The minimum atomic E-state index is -0.542. The molecule has 0 radical (unpaired) electrons. The quantitative estimate of drug-likeness (QED) is 0.0389. The molecule has 0 fully saturated rings. The summed E-state index contributed by atoms with van der Waals surface area (Å²) in [4.78, 5) is 12.2. The fourth-order valence-electron chi connectivity index (χ4n) is 6.34. The summed E-state index contributed by atoms with van der Waals surface area (Å²) in [5, 5.41) is 9.60. The summed E-state index contributed by atoms with van der Waals surface area (Å²) in [5.74, 6) is -0.206. The number of rotatable bonds is 41. The minimum absolute atomic E-state index is 0.177. The summed E-state index contributed by atoms with van der Waals surface area (Å²) in [6.07, 6.45) is 57.5. The van der Waals surface area contributed by atoms with E-state index in [0.717, 1.165) is 44.9 Å². The third-order valence-corrected chi connectivity index (χ3v) is 9.64. The highest BCUT2D eigenvalue weighted by atomic mass is 16.6. The number of ether oxygens (including phenoxy) is 2. The van der Waals surface area contributed by atoms with E-state index in [-0.39, 0.29) is 19.2 Å². The van der Waals surface area contributed by atoms with E-state index in [4.69, 9.17) is 9.47 Å². The zero-order chi connectivity index (χ0) is 37.0. The molecule has 0 aromatic rings. The molecule has 0 aromatic heterocycles. The van der Waals surface area contributed by atoms with E-state index in [9.17, 15) is 9.90 Å². The topological polar surface area (TPSA) is 55.8 Å². The van der Waals surface area contributed by atoms with Crippen molar-refractivity contribution < 1.29 is 19.4 Å². The van der Waals surface area contributed by atoms with Gasteiger partial charge in [-0.1, -0.05) is 191 Å². The van der Waals surface area contributed by atoms with E-state index in [1.807, 2.05) is 0 Å². The first-order chi connectivity index (χ1) is 25.2. The Kier molecular flexibility index (Phi) is 43.1. The van der Waals surface area contributed by atoms with Gasteiger partial charge in [0.05, 0.1) is 13.2 Å². The van der Waals surface area contributed by atoms with Crippen LogP contribution in [0.2, 0.25) is 0 Å². The van der Waals surface area contributed by atoms with Crippen molar-refractivity contribution in [3.8, 4) is 0 Å². The van der Waals surface area contributed by atoms with Crippen molar-refractivity contribution >= 4 is 5.97 Å². The van der Waals surface area contributed by atoms with Gasteiger partial charge in [-0.2, -0.15) is 0 Å². The number of allylic oxidation sites excluding steroid dienone is 8. The Balaban J connectivity index is 3.42. The van der Waals surface area contributed by atoms with Crippen molar-refractivity contribution in [1.29, 1.82) is 0 Å². The molecule has 0 heterocycles. The third-order valence-electron chi connectivity index (χ3n) is 9.64. The summed E-state index contributed by atoms with van der Waals surface area (Å²) < 4.78 is 11.2. The molecule has 4 nitrogen and oxygen atoms in total. The molecule has 51 heavy (non-hydrogen) atoms. The number of carbonyl (C=O) groups excluding carboxylic acids is 1. The molecule has 298 valence electrons. The summed E-state index contributed by atoms with van der Waals surface area (Å²) in [6, 6.07) is 0. The van der Waals surface area contributed by atoms with Crippen molar-refractivity contribution in [2.45, 2.75) is 225 Å². The highest BCUT2D eigenvalue weighted by Gasteiger charge is 2.13. The summed E-state index contributed by atoms with van der Waals surface area (Å²) in [7, 11) is 0. The molecule has 0 aromatic carbocycles. The van der Waals surface area contributed by atoms with E-state index in [1.165, 1.54) is 154 Å². The average molecular weight is 715 g/mol. The molecule has 0 saturated heterocycles. The molecule has 0 amide bonds. The van der Waals surface area contributed by atoms with E-state index in [0.29, 0.717) is 13.0 Å². The van der Waals surface area contributed by atoms with Crippen molar-refractivity contribution in [1.82, 2.24) is 0 Å². The van der Waals surface area contributed by atoms with Crippen LogP contribution in [0.5, 0.6) is 0 Å². The zero-order valence-corrected chi connectivity index (χ0v) is 34.1. The first kappa shape index (κ1) is 49.4. The van der Waals surface area contributed by atoms with Gasteiger partial charge in [0.1, 0.15) is 6.10 Å². The van der Waals surface area contributed by atoms with Gasteiger partial charge in [0.2, 0.25) is 0 Å². The Bertz CT molecular complexity index is 798. The molecule has 0 bridgehead atoms. The van der Waals surface area contributed by atoms with Crippen LogP contribution in [0.15, 0.2) is 48.6 Å². The Morgan fingerprint density at radius 1 is 0.490 bits per heavy atom. The fraction of sp³-hybridized carbons (Fsp3) is 0.809. The number of esters is 1. The molecular formula is C47H86O4. The van der Waals surface area contributed by atoms with E-state index in [1.54, 1.807) is 0 Å². The lowest BCUT2D eigenvalue weighted by atomic mass is 10.0. The largest absolute Gasteiger partial charge is 0.457 e. The van der Waals surface area contributed by atoms with Gasteiger partial charge in [-0.05, 0) is 70.6 Å². The van der Waals surface area contributed by atoms with Gasteiger partial charge in [-0.15, -0.1) is 0 Å². The van der Waals surface area contributed by atoms with Gasteiger partial charge in [0.15, 0.2) is 0 Å². The summed E-state index contributed by atoms with van der Waals surface area (Å²) >= 11 is 0. The first-order valence-electron chi connectivity index (χ1n) is 22.2. The highest BCUT2D eigenvalue weighted by molar-refractivity contribution is 5.69. The molecule has 0 aliphatic heterocycles. The van der Waals surface area contributed by atoms with Crippen LogP contribution in [-0.2, 0) is 14.3 Å². The van der Waals surface area contributed by atoms with Gasteiger partial charge < -0.3 is 14.6 Å². The Labute approximate surface area is 318 Å². The van der Waals surface area contributed by atoms with Crippen molar-refractivity contribution in [2.24, 2.45) is 0 Å². The Morgan fingerprint density at radius 3 is 1.35 bits per heavy atom. The predicted molar refractivity (Wildman–Crippen MR) is 223 cm³/mol. The van der Waals surface area contributed by atoms with Gasteiger partial charge in [-0.25, -0.2) is 0 Å². The van der Waals surface area contributed by atoms with Gasteiger partial charge >= 0.3 is 5.97 Å². The number of carbonyl (C=O) groups is 1. The van der Waals surface area contributed by atoms with Crippen LogP contribution >= 0.6 is 0 Å². The monoisotopic (exact) mass is 715 g/mol. The number of unbranched alkanes of at least 4 members (excludes halogenated alkanes) is 25. The second-order valence-electron chi connectivity index (χ2n) is 14.7. The number of hydrogen-bond donors (Lipinski definition) is 1. The molecule has 0 aliphatic rings. The van der Waals surface area contributed by atoms with E-state index >= 15 is 0 Å². The second kappa shape index (κ2) is 44.5. The van der Waals surface area contributed by atoms with Crippen LogP contribution in [0.25, 0.3) is 0 Å². The van der Waals surface area contributed by atoms with Crippen molar-refractivity contribution in [3.63, 3.8) is 0 Å². The van der Waals surface area contributed by atoms with E-state index in [2.05, 4.69) is 62.5 Å². The predicted octanol–water partition coefficient (Wildman–Crippen LogP) is 14.7. The Hall–Kier alpha value is -1.65. The summed E-state index contributed by atoms with van der Waals surface area (Å²) in [6.45, 7) is 5.22. The molecular weight excluding hydrogens is 629 g/mol. The number of aliphatic hydroxyl groups is 1. The number of hydrogen-bond acceptors (Lipinski definition) is 4. The molecule has 1 atom stereocenters. The normalized spacial score (nSPS) is 12.8. The molecule has 0 spiro atoms. The maximum atomic E-state index is 12.2. The van der Waals surface area contributed by atoms with Crippen LogP contribution in [0.1, 0.15) is 219 Å². The van der Waals surface area contributed by atoms with Crippen LogP contribution < -0.4 is 0 Å². The lowest BCUT2D eigenvalue weighted by Crippen LogP contribution is -2.27. The first-order valence-corrected chi connectivity index (χ1v) is 22.2. The van der Waals surface area contributed by atoms with Crippen molar-refractivity contribution in [2.75, 3.05) is 19.8 Å². The maximum absolute atomic E-state index is 12.2. The van der Waals surface area contributed by atoms with Gasteiger partial charge in [-0.3, -0.25) is 4.79 Å².